The quantitative estimate of drug-likeness (QED) is 0.667. The second-order valence-electron chi connectivity index (χ2n) is 4.27. The molecule has 0 aliphatic carbocycles. The van der Waals surface area contributed by atoms with Crippen LogP contribution in [0.4, 0.5) is 5.82 Å². The van der Waals surface area contributed by atoms with Crippen molar-refractivity contribution in [1.82, 2.24) is 9.55 Å². The van der Waals surface area contributed by atoms with Crippen LogP contribution in [0, 0.1) is 0 Å². The maximum absolute atomic E-state index is 12.0. The van der Waals surface area contributed by atoms with E-state index in [1.165, 1.54) is 11.1 Å². The summed E-state index contributed by atoms with van der Waals surface area (Å²) in [7, 11) is 1.66. The average Bonchev–Trinajstić information content (AvgIpc) is 2.44. The van der Waals surface area contributed by atoms with E-state index in [0.717, 1.165) is 10.1 Å². The van der Waals surface area contributed by atoms with E-state index in [0.29, 0.717) is 5.82 Å². The lowest BCUT2D eigenvalue weighted by Crippen LogP contribution is -2.36. The topological polar surface area (TPSA) is 70.5 Å². The van der Waals surface area contributed by atoms with Crippen molar-refractivity contribution in [2.24, 2.45) is 5.10 Å². The van der Waals surface area contributed by atoms with E-state index in [2.05, 4.69) is 10.1 Å². The molecule has 1 aromatic carbocycles. The molecule has 0 radical (unpaired) electrons. The number of hydrogen-bond acceptors (Lipinski definition) is 4. The molecule has 0 aliphatic heterocycles. The van der Waals surface area contributed by atoms with Gasteiger partial charge in [-0.1, -0.05) is 30.3 Å². The molecule has 6 heteroatoms. The predicted octanol–water partition coefficient (Wildman–Crippen LogP) is 1.03. The Balaban J connectivity index is 2.37. The van der Waals surface area contributed by atoms with Crippen molar-refractivity contribution in [3.63, 3.8) is 0 Å². The number of benzene rings is 1. The van der Waals surface area contributed by atoms with Crippen molar-refractivity contribution >= 4 is 12.0 Å². The minimum atomic E-state index is -0.450. The van der Waals surface area contributed by atoms with E-state index in [1.807, 2.05) is 30.3 Å². The summed E-state index contributed by atoms with van der Waals surface area (Å²) >= 11 is 0. The van der Waals surface area contributed by atoms with Crippen molar-refractivity contribution < 1.29 is 0 Å². The summed E-state index contributed by atoms with van der Waals surface area (Å²) in [5, 5.41) is 5.42. The number of aromatic amines is 1. The summed E-state index contributed by atoms with van der Waals surface area (Å²) in [6.07, 6.45) is 1.58. The number of rotatable bonds is 4. The van der Waals surface area contributed by atoms with Crippen LogP contribution in [0.25, 0.3) is 0 Å². The van der Waals surface area contributed by atoms with Crippen LogP contribution in [0.15, 0.2) is 51.1 Å². The maximum atomic E-state index is 12.0. The van der Waals surface area contributed by atoms with E-state index in [1.54, 1.807) is 20.2 Å². The van der Waals surface area contributed by atoms with Gasteiger partial charge >= 0.3 is 5.69 Å². The first kappa shape index (κ1) is 13.8. The molecular weight excluding hydrogens is 256 g/mol. The molecule has 0 fully saturated rings. The normalized spacial score (nSPS) is 10.9. The lowest BCUT2D eigenvalue weighted by molar-refractivity contribution is 0.695. The fraction of sp³-hybridized carbons (Fsp3) is 0.214. The highest BCUT2D eigenvalue weighted by Gasteiger charge is 2.07. The van der Waals surface area contributed by atoms with Crippen LogP contribution in [-0.2, 0) is 6.54 Å². The van der Waals surface area contributed by atoms with Crippen LogP contribution in [0.3, 0.4) is 0 Å². The average molecular weight is 272 g/mol. The standard InChI is InChI=1S/C14H16N4O2/c1-3-15-17(2)12-9-13(19)18(14(20)16-12)10-11-7-5-4-6-8-11/h3-9H,10H2,1-2H3,(H,16,20)/b15-3+. The van der Waals surface area contributed by atoms with Crippen LogP contribution in [0.5, 0.6) is 0 Å². The first-order valence-corrected chi connectivity index (χ1v) is 6.22. The minimum absolute atomic E-state index is 0.246. The van der Waals surface area contributed by atoms with Crippen molar-refractivity contribution in [2.75, 3.05) is 12.1 Å². The second kappa shape index (κ2) is 6.01. The van der Waals surface area contributed by atoms with Gasteiger partial charge in [0.1, 0.15) is 5.82 Å². The number of aromatic nitrogens is 2. The lowest BCUT2D eigenvalue weighted by Gasteiger charge is -2.12. The highest BCUT2D eigenvalue weighted by Crippen LogP contribution is 2.03. The van der Waals surface area contributed by atoms with Gasteiger partial charge in [0.05, 0.1) is 6.54 Å². The first-order valence-electron chi connectivity index (χ1n) is 6.22. The smallest absolute Gasteiger partial charge is 0.292 e. The molecule has 0 bridgehead atoms. The number of nitrogens with one attached hydrogen (secondary N) is 1. The number of H-pyrrole nitrogens is 1. The Kier molecular flexibility index (Phi) is 4.14. The Hall–Kier alpha value is -2.63. The van der Waals surface area contributed by atoms with Crippen molar-refractivity contribution in [2.45, 2.75) is 13.5 Å². The van der Waals surface area contributed by atoms with Gasteiger partial charge in [-0.3, -0.25) is 19.4 Å². The van der Waals surface area contributed by atoms with Gasteiger partial charge in [-0.2, -0.15) is 5.10 Å². The minimum Gasteiger partial charge on any atom is -0.292 e. The summed E-state index contributed by atoms with van der Waals surface area (Å²) in [4.78, 5) is 26.7. The maximum Gasteiger partial charge on any atom is 0.330 e. The Morgan fingerprint density at radius 1 is 1.30 bits per heavy atom. The molecule has 0 amide bonds. The van der Waals surface area contributed by atoms with Gasteiger partial charge in [0, 0.05) is 19.3 Å². The predicted molar refractivity (Wildman–Crippen MR) is 79.4 cm³/mol. The van der Waals surface area contributed by atoms with Gasteiger partial charge in [-0.25, -0.2) is 4.79 Å². The molecular formula is C14H16N4O2. The van der Waals surface area contributed by atoms with Crippen molar-refractivity contribution in [3.05, 3.63) is 62.8 Å². The zero-order valence-electron chi connectivity index (χ0n) is 11.4. The molecule has 0 saturated heterocycles. The molecule has 6 nitrogen and oxygen atoms in total. The summed E-state index contributed by atoms with van der Waals surface area (Å²) in [5.41, 5.74) is 0.0908. The Labute approximate surface area is 116 Å². The molecule has 0 aliphatic rings. The van der Waals surface area contributed by atoms with Crippen LogP contribution in [0.1, 0.15) is 12.5 Å². The SMILES string of the molecule is C/C=N/N(C)c1cc(=O)n(Cc2ccccc2)c(=O)[nH]1. The fourth-order valence-corrected chi connectivity index (χ4v) is 1.83. The summed E-state index contributed by atoms with van der Waals surface area (Å²) in [5.74, 6) is 0.363. The van der Waals surface area contributed by atoms with Gasteiger partial charge in [-0.05, 0) is 12.5 Å². The third-order valence-corrected chi connectivity index (χ3v) is 2.83. The molecule has 0 unspecified atom stereocenters. The highest BCUT2D eigenvalue weighted by atomic mass is 16.2. The molecule has 20 heavy (non-hydrogen) atoms. The van der Waals surface area contributed by atoms with E-state index < -0.39 is 5.69 Å². The number of hydrogen-bond donors (Lipinski definition) is 1. The molecule has 104 valence electrons. The first-order chi connectivity index (χ1) is 9.61. The fourth-order valence-electron chi connectivity index (χ4n) is 1.83. The largest absolute Gasteiger partial charge is 0.330 e. The molecule has 1 aromatic heterocycles. The molecule has 0 saturated carbocycles. The monoisotopic (exact) mass is 272 g/mol. The summed E-state index contributed by atoms with van der Waals surface area (Å²) in [6, 6.07) is 10.7. The van der Waals surface area contributed by atoms with E-state index in [9.17, 15) is 9.59 Å². The molecule has 0 atom stereocenters. The van der Waals surface area contributed by atoms with Crippen LogP contribution in [-0.4, -0.2) is 22.8 Å². The van der Waals surface area contributed by atoms with E-state index in [-0.39, 0.29) is 12.1 Å². The Bertz CT molecular complexity index is 685. The van der Waals surface area contributed by atoms with Crippen LogP contribution >= 0.6 is 0 Å². The summed E-state index contributed by atoms with van der Waals surface area (Å²) < 4.78 is 1.16. The van der Waals surface area contributed by atoms with Gasteiger partial charge < -0.3 is 0 Å². The molecule has 1 heterocycles. The van der Waals surface area contributed by atoms with E-state index in [4.69, 9.17) is 0 Å². The molecule has 2 rings (SSSR count). The second-order valence-corrected chi connectivity index (χ2v) is 4.27. The molecule has 0 spiro atoms. The Morgan fingerprint density at radius 3 is 2.60 bits per heavy atom. The summed E-state index contributed by atoms with van der Waals surface area (Å²) in [6.45, 7) is 2.00. The number of nitrogens with zero attached hydrogens (tertiary/aromatic N) is 3. The van der Waals surface area contributed by atoms with E-state index >= 15 is 0 Å². The molecule has 1 N–H and O–H groups in total. The third-order valence-electron chi connectivity index (χ3n) is 2.83. The van der Waals surface area contributed by atoms with Crippen molar-refractivity contribution in [3.8, 4) is 0 Å². The molecule has 2 aromatic rings. The Morgan fingerprint density at radius 2 is 2.00 bits per heavy atom. The highest BCUT2D eigenvalue weighted by molar-refractivity contribution is 5.55. The van der Waals surface area contributed by atoms with Gasteiger partial charge in [0.2, 0.25) is 0 Å². The van der Waals surface area contributed by atoms with Crippen molar-refractivity contribution in [1.29, 1.82) is 0 Å². The zero-order chi connectivity index (χ0) is 14.5. The van der Waals surface area contributed by atoms with Gasteiger partial charge in [0.25, 0.3) is 5.56 Å². The number of anilines is 1. The van der Waals surface area contributed by atoms with Gasteiger partial charge in [0.15, 0.2) is 0 Å². The lowest BCUT2D eigenvalue weighted by atomic mass is 10.2. The van der Waals surface area contributed by atoms with Crippen LogP contribution in [0.2, 0.25) is 0 Å². The number of hydrazone groups is 1. The van der Waals surface area contributed by atoms with Crippen LogP contribution < -0.4 is 16.3 Å². The zero-order valence-corrected chi connectivity index (χ0v) is 11.4. The van der Waals surface area contributed by atoms with Gasteiger partial charge in [-0.15, -0.1) is 0 Å². The third kappa shape index (κ3) is 3.03.